The van der Waals surface area contributed by atoms with Crippen molar-refractivity contribution in [2.24, 2.45) is 0 Å². The van der Waals surface area contributed by atoms with E-state index in [1.165, 1.54) is 36.9 Å². The van der Waals surface area contributed by atoms with Crippen molar-refractivity contribution in [2.45, 2.75) is 26.6 Å². The summed E-state index contributed by atoms with van der Waals surface area (Å²) in [7, 11) is 1.61. The van der Waals surface area contributed by atoms with Crippen molar-refractivity contribution < 1.29 is 47.3 Å². The topological polar surface area (TPSA) is 423 Å². The number of morpholine rings is 4. The molecule has 42 heteroatoms. The van der Waals surface area contributed by atoms with E-state index in [0.29, 0.717) is 138 Å². The van der Waals surface area contributed by atoms with E-state index < -0.39 is 6.03 Å². The number of carbonyl (C=O) groups is 4. The first-order chi connectivity index (χ1) is 73.4. The van der Waals surface area contributed by atoms with E-state index >= 15 is 0 Å². The normalized spacial score (nSPS) is 13.1. The fraction of sp³-hybridized carbons (Fsp3) is 0.204. The van der Waals surface area contributed by atoms with E-state index in [9.17, 15) is 23.6 Å². The quantitative estimate of drug-likeness (QED) is 0.0186. The van der Waals surface area contributed by atoms with Crippen LogP contribution in [0.3, 0.4) is 0 Å². The first-order valence-electron chi connectivity index (χ1n) is 48.3. The highest BCUT2D eigenvalue weighted by Gasteiger charge is 2.22. The van der Waals surface area contributed by atoms with Gasteiger partial charge in [-0.05, 0) is 193 Å². The molecule has 8 amide bonds. The number of urea groups is 4. The Morgan fingerprint density at radius 2 is 0.553 bits per heavy atom. The number of carbonyl (C=O) groups excluding carboxylic acids is 4. The van der Waals surface area contributed by atoms with Crippen molar-refractivity contribution in [3.63, 3.8) is 0 Å². The summed E-state index contributed by atoms with van der Waals surface area (Å²) >= 11 is 25.5. The Morgan fingerprint density at radius 3 is 0.827 bits per heavy atom. The maximum atomic E-state index is 13.4. The largest absolute Gasteiger partial charge is 0.497 e. The maximum Gasteiger partial charge on any atom is 0.319 e. The molecular weight excluding hydrogens is 1990 g/mol. The highest BCUT2D eigenvalue weighted by Crippen LogP contribution is 2.37. The molecule has 150 heavy (non-hydrogen) atoms. The molecule has 0 unspecified atom stereocenters. The van der Waals surface area contributed by atoms with Gasteiger partial charge < -0.3 is 128 Å². The molecule has 37 nitrogen and oxygen atoms in total. The van der Waals surface area contributed by atoms with E-state index in [2.05, 4.69) is 181 Å². The first-order valence-corrected chi connectivity index (χ1v) is 49.8. The van der Waals surface area contributed by atoms with Crippen LogP contribution in [0.25, 0.3) is 0 Å². The van der Waals surface area contributed by atoms with E-state index in [1.807, 2.05) is 183 Å². The van der Waals surface area contributed by atoms with Gasteiger partial charge in [-0.3, -0.25) is 0 Å². The van der Waals surface area contributed by atoms with Gasteiger partial charge >= 0.3 is 24.1 Å². The predicted molar refractivity (Wildman–Crippen MR) is 594 cm³/mol. The van der Waals surface area contributed by atoms with E-state index in [1.54, 1.807) is 55.6 Å². The number of anilines is 24. The number of methoxy groups -OCH3 is 1. The van der Waals surface area contributed by atoms with Crippen molar-refractivity contribution in [1.29, 1.82) is 0 Å². The average molecular weight is 2110 g/mol. The smallest absolute Gasteiger partial charge is 0.319 e. The molecule has 8 heterocycles. The maximum absolute atomic E-state index is 13.4. The minimum absolute atomic E-state index is 0.180. The summed E-state index contributed by atoms with van der Waals surface area (Å²) < 4.78 is 40.3. The molecular formula is C108H111Cl4FN28O9. The molecule has 0 aliphatic carbocycles. The number of rotatable bonds is 32. The van der Waals surface area contributed by atoms with E-state index in [-0.39, 0.29) is 30.5 Å². The van der Waals surface area contributed by atoms with Crippen molar-refractivity contribution in [2.75, 3.05) is 202 Å². The highest BCUT2D eigenvalue weighted by atomic mass is 35.5. The summed E-state index contributed by atoms with van der Waals surface area (Å²) in [4.78, 5) is 94.1. The van der Waals surface area contributed by atoms with E-state index in [0.717, 1.165) is 168 Å². The average Bonchev–Trinajstić information content (AvgIpc) is 0.832. The number of nitrogens with zero attached hydrogens (tertiary/aromatic N) is 12. The second-order valence-electron chi connectivity index (χ2n) is 33.7. The van der Waals surface area contributed by atoms with Gasteiger partial charge in [0.25, 0.3) is 0 Å². The third-order valence-electron chi connectivity index (χ3n) is 23.3. The Kier molecular flexibility index (Phi) is 38.5. The summed E-state index contributed by atoms with van der Waals surface area (Å²) in [6.45, 7) is 16.3. The van der Waals surface area contributed by atoms with Crippen LogP contribution in [0.1, 0.15) is 23.6 Å². The minimum Gasteiger partial charge on any atom is -0.497 e. The summed E-state index contributed by atoms with van der Waals surface area (Å²) in [6, 6.07) is 83.3. The zero-order valence-corrected chi connectivity index (χ0v) is 84.9. The molecule has 0 radical (unpaired) electrons. The standard InChI is InChI=1S/C29H30ClN7O3.C28H27ClFN7O2.C28H28ClN7O2.C23H26ClN7O2/c1-39-23-12-6-20(7-13-23)18-32-29(38)35-26-5-3-2-4-25(26)34-27-24(30)19-31-28(36-27)33-21-8-10-22(11-9-21)37-14-16-40-17-15-37;29-23-18-31-27(33-21-8-10-22(11-9-21)37-12-14-39-15-13-37)36-26(23)34-24-6-1-2-7-25(24)35-28(38)32-17-19-4-3-5-20(30)16-19;29-23-19-30-27(32-21-10-12-22(13-11-21)36-14-16-38-17-15-36)35-26(23)33-24-8-4-5-9-25(24)34-28(37)31-18-20-6-2-1-3-7-20;1-2-25-23(32)29-20-6-4-3-5-19(20)28-21-18(24)15-26-22(30-21)27-16-7-9-17(10-8-16)31-11-13-33-14-12-31/h2-13,19H,14-18H2,1H3,(H2,32,35,38)(H2,31,33,34,36);1-11,16,18H,12-15,17H2,(H2,32,35,38)(H2,31,33,34,36);1-13,19H,14-18H2,(H2,31,34,37)(H2,30,32,33,35);3-10,15H,2,11-14H2,1H3,(H2,25,29,32)(H2,26,27,28,30). The molecule has 4 fully saturated rings. The van der Waals surface area contributed by atoms with Crippen LogP contribution in [0, 0.1) is 5.82 Å². The molecule has 4 aliphatic rings. The SMILES string of the molecule is CCNC(=O)Nc1ccccc1Nc1nc(Nc2ccc(N3CCOCC3)cc2)ncc1Cl.COc1ccc(CNC(=O)Nc2ccccc2Nc2nc(Nc3ccc(N4CCOCC4)cc3)ncc2Cl)cc1.O=C(NCc1cccc(F)c1)Nc1ccccc1Nc1nc(Nc2ccc(N3CCOCC3)cc2)ncc1Cl.O=C(NCc1ccccc1)Nc1ccccc1Nc1nc(Nc2ccc(N3CCOCC3)cc2)ncc1Cl. The number of nitrogens with one attached hydrogen (secondary N) is 16. The second-order valence-corrected chi connectivity index (χ2v) is 35.3. The van der Waals surface area contributed by atoms with Crippen LogP contribution in [0.2, 0.25) is 20.1 Å². The van der Waals surface area contributed by atoms with Crippen molar-refractivity contribution in [1.82, 2.24) is 61.1 Å². The summed E-state index contributed by atoms with van der Waals surface area (Å²) in [5.41, 5.74) is 15.4. The molecule has 19 rings (SSSR count). The van der Waals surface area contributed by atoms with Gasteiger partial charge in [-0.1, -0.05) is 150 Å². The number of ether oxygens (including phenoxy) is 5. The lowest BCUT2D eigenvalue weighted by atomic mass is 10.2. The molecule has 16 N–H and O–H groups in total. The Hall–Kier alpha value is -16.9. The van der Waals surface area contributed by atoms with Crippen LogP contribution >= 0.6 is 46.4 Å². The van der Waals surface area contributed by atoms with E-state index in [4.69, 9.17) is 70.1 Å². The molecule has 0 bridgehead atoms. The number of benzene rings is 11. The number of para-hydroxylation sites is 8. The van der Waals surface area contributed by atoms with Gasteiger partial charge in [-0.2, -0.15) is 19.9 Å². The monoisotopic (exact) mass is 2100 g/mol. The van der Waals surface area contributed by atoms with Gasteiger partial charge in [0, 0.05) is 124 Å². The zero-order valence-electron chi connectivity index (χ0n) is 81.9. The third-order valence-corrected chi connectivity index (χ3v) is 24.4. The number of aromatic nitrogens is 8. The number of halogens is 5. The fourth-order valence-electron chi connectivity index (χ4n) is 15.6. The second kappa shape index (κ2) is 54.5. The third kappa shape index (κ3) is 32.1. The predicted octanol–water partition coefficient (Wildman–Crippen LogP) is 22.1. The lowest BCUT2D eigenvalue weighted by Gasteiger charge is -2.28. The Labute approximate surface area is 886 Å². The van der Waals surface area contributed by atoms with Crippen LogP contribution in [0.5, 0.6) is 5.75 Å². The van der Waals surface area contributed by atoms with Gasteiger partial charge in [-0.25, -0.2) is 43.5 Å². The lowest BCUT2D eigenvalue weighted by Crippen LogP contribution is -2.36. The highest BCUT2D eigenvalue weighted by molar-refractivity contribution is 6.34. The number of hydrogen-bond donors (Lipinski definition) is 16. The molecule has 4 aliphatic heterocycles. The number of amides is 8. The molecule has 772 valence electrons. The Balaban J connectivity index is 0.000000143. The molecule has 4 saturated heterocycles. The summed E-state index contributed by atoms with van der Waals surface area (Å²) in [6.07, 6.45) is 6.09. The molecule has 0 atom stereocenters. The van der Waals surface area contributed by atoms with Crippen LogP contribution in [0.15, 0.2) is 298 Å². The van der Waals surface area contributed by atoms with Gasteiger partial charge in [0.05, 0.1) is 130 Å². The number of hydrogen-bond acceptors (Lipinski definition) is 29. The molecule has 15 aromatic rings. The Morgan fingerprint density at radius 1 is 0.300 bits per heavy atom. The first kappa shape index (κ1) is 106. The summed E-state index contributed by atoms with van der Waals surface area (Å²) in [5, 5.41) is 49.5. The van der Waals surface area contributed by atoms with Crippen LogP contribution in [0.4, 0.5) is 162 Å². The fourth-order valence-corrected chi connectivity index (χ4v) is 16.1. The van der Waals surface area contributed by atoms with Crippen LogP contribution in [-0.4, -0.2) is 183 Å². The molecule has 0 spiro atoms. The van der Waals surface area contributed by atoms with Crippen LogP contribution < -0.4 is 109 Å². The molecule has 4 aromatic heterocycles. The van der Waals surface area contributed by atoms with Crippen LogP contribution in [-0.2, 0) is 38.6 Å². The molecule has 11 aromatic carbocycles. The van der Waals surface area contributed by atoms with Gasteiger partial charge in [-0.15, -0.1) is 0 Å². The lowest BCUT2D eigenvalue weighted by molar-refractivity contribution is 0.122. The van der Waals surface area contributed by atoms with Crippen molar-refractivity contribution in [3.8, 4) is 5.75 Å². The zero-order chi connectivity index (χ0) is 104. The van der Waals surface area contributed by atoms with Crippen molar-refractivity contribution in [3.05, 3.63) is 340 Å². The van der Waals surface area contributed by atoms with Gasteiger partial charge in [0.15, 0.2) is 23.3 Å². The van der Waals surface area contributed by atoms with Crippen molar-refractivity contribution >= 4 is 209 Å². The Bertz CT molecular complexity index is 6960. The molecule has 0 saturated carbocycles. The summed E-state index contributed by atoms with van der Waals surface area (Å²) in [5.74, 6) is 3.54. The van der Waals surface area contributed by atoms with Gasteiger partial charge in [0.2, 0.25) is 23.8 Å². The minimum atomic E-state index is -0.440. The van der Waals surface area contributed by atoms with Gasteiger partial charge in [0.1, 0.15) is 31.7 Å².